The number of carbonyl (C=O) groups excluding carboxylic acids is 1. The molecule has 0 unspecified atom stereocenters. The lowest BCUT2D eigenvalue weighted by atomic mass is 9.95. The normalized spacial score (nSPS) is 12.4. The van der Waals surface area contributed by atoms with Crippen LogP contribution < -0.4 is 0 Å². The highest BCUT2D eigenvalue weighted by Crippen LogP contribution is 2.43. The third kappa shape index (κ3) is 2.99. The molecule has 0 heterocycles. The summed E-state index contributed by atoms with van der Waals surface area (Å²) < 4.78 is 80.4. The Morgan fingerprint density at radius 2 is 1.58 bits per heavy atom. The van der Waals surface area contributed by atoms with Gasteiger partial charge in [0.15, 0.2) is 0 Å². The smallest absolute Gasteiger partial charge is 0.417 e. The van der Waals surface area contributed by atoms with Gasteiger partial charge in [0.2, 0.25) is 0 Å². The summed E-state index contributed by atoms with van der Waals surface area (Å²) in [7, 11) is 0.794. The molecule has 0 aliphatic rings. The van der Waals surface area contributed by atoms with E-state index in [2.05, 4.69) is 4.74 Å². The van der Waals surface area contributed by atoms with E-state index in [1.54, 1.807) is 0 Å². The fourth-order valence-electron chi connectivity index (χ4n) is 1.60. The third-order valence-corrected chi connectivity index (χ3v) is 2.39. The van der Waals surface area contributed by atoms with Crippen molar-refractivity contribution in [2.45, 2.75) is 19.3 Å². The van der Waals surface area contributed by atoms with Gasteiger partial charge in [-0.15, -0.1) is 0 Å². The minimum atomic E-state index is -5.32. The van der Waals surface area contributed by atoms with Gasteiger partial charge in [-0.2, -0.15) is 26.3 Å². The first-order valence-corrected chi connectivity index (χ1v) is 4.86. The summed E-state index contributed by atoms with van der Waals surface area (Å²) >= 11 is 0. The van der Waals surface area contributed by atoms with Crippen molar-refractivity contribution < 1.29 is 35.9 Å². The monoisotopic (exact) mass is 286 g/mol. The topological polar surface area (TPSA) is 26.3 Å². The van der Waals surface area contributed by atoms with Crippen molar-refractivity contribution in [3.8, 4) is 0 Å². The predicted molar refractivity (Wildman–Crippen MR) is 52.5 cm³/mol. The Morgan fingerprint density at radius 3 is 1.95 bits per heavy atom. The molecule has 106 valence electrons. The second-order valence-corrected chi connectivity index (χ2v) is 3.67. The molecule has 0 N–H and O–H groups in total. The Bertz CT molecular complexity index is 501. The Balaban J connectivity index is 3.76. The van der Waals surface area contributed by atoms with Gasteiger partial charge in [0.05, 0.1) is 23.8 Å². The zero-order valence-corrected chi connectivity index (χ0v) is 9.74. The molecule has 2 nitrogen and oxygen atoms in total. The summed E-state index contributed by atoms with van der Waals surface area (Å²) in [6.07, 6.45) is -10.5. The zero-order valence-electron chi connectivity index (χ0n) is 9.74. The maximum Gasteiger partial charge on any atom is 0.417 e. The average molecular weight is 286 g/mol. The van der Waals surface area contributed by atoms with E-state index in [9.17, 15) is 31.1 Å². The first-order chi connectivity index (χ1) is 8.50. The van der Waals surface area contributed by atoms with Gasteiger partial charge in [0.1, 0.15) is 0 Å². The van der Waals surface area contributed by atoms with Crippen LogP contribution in [0.15, 0.2) is 12.1 Å². The molecule has 1 aromatic rings. The van der Waals surface area contributed by atoms with Gasteiger partial charge in [0.25, 0.3) is 0 Å². The van der Waals surface area contributed by atoms with Crippen molar-refractivity contribution in [2.75, 3.05) is 7.11 Å². The summed E-state index contributed by atoms with van der Waals surface area (Å²) in [6, 6.07) is 1.09. The number of alkyl halides is 6. The Morgan fingerprint density at radius 1 is 1.05 bits per heavy atom. The second-order valence-electron chi connectivity index (χ2n) is 3.67. The molecule has 0 radical (unpaired) electrons. The third-order valence-electron chi connectivity index (χ3n) is 2.39. The summed E-state index contributed by atoms with van der Waals surface area (Å²) in [5, 5.41) is 0. The molecule has 0 aromatic heterocycles. The first-order valence-electron chi connectivity index (χ1n) is 4.86. The van der Waals surface area contributed by atoms with E-state index >= 15 is 0 Å². The maximum atomic E-state index is 12.8. The van der Waals surface area contributed by atoms with Gasteiger partial charge in [-0.3, -0.25) is 0 Å². The van der Waals surface area contributed by atoms with E-state index in [0.717, 1.165) is 20.1 Å². The molecular formula is C11H8F6O2. The number of aryl methyl sites for hydroxylation is 1. The molecule has 0 bridgehead atoms. The fourth-order valence-corrected chi connectivity index (χ4v) is 1.60. The number of hydrogen-bond donors (Lipinski definition) is 0. The quantitative estimate of drug-likeness (QED) is 0.579. The van der Waals surface area contributed by atoms with Crippen LogP contribution in [-0.4, -0.2) is 13.1 Å². The van der Waals surface area contributed by atoms with Crippen LogP contribution in [0.1, 0.15) is 27.0 Å². The Kier molecular flexibility index (Phi) is 3.83. The lowest BCUT2D eigenvalue weighted by Gasteiger charge is -2.19. The summed E-state index contributed by atoms with van der Waals surface area (Å²) in [4.78, 5) is 11.3. The van der Waals surface area contributed by atoms with E-state index < -0.39 is 35.0 Å². The second kappa shape index (κ2) is 4.75. The number of benzene rings is 1. The highest BCUT2D eigenvalue weighted by atomic mass is 19.4. The molecular weight excluding hydrogens is 278 g/mol. The summed E-state index contributed by atoms with van der Waals surface area (Å²) in [5.74, 6) is -1.46. The van der Waals surface area contributed by atoms with E-state index in [-0.39, 0.29) is 5.56 Å². The van der Waals surface area contributed by atoms with Crippen LogP contribution >= 0.6 is 0 Å². The fraction of sp³-hybridized carbons (Fsp3) is 0.364. The molecule has 0 saturated carbocycles. The van der Waals surface area contributed by atoms with Crippen molar-refractivity contribution in [1.82, 2.24) is 0 Å². The van der Waals surface area contributed by atoms with Crippen LogP contribution in [0.2, 0.25) is 0 Å². The van der Waals surface area contributed by atoms with Gasteiger partial charge in [0, 0.05) is 0 Å². The molecule has 1 rings (SSSR count). The van der Waals surface area contributed by atoms with Crippen LogP contribution in [0.25, 0.3) is 0 Å². The standard InChI is InChI=1S/C11H8F6O2/c1-5-3-4-6(10(12,13)14)8(11(15,16)17)7(5)9(18)19-2/h3-4H,1-2H3. The van der Waals surface area contributed by atoms with Crippen LogP contribution in [0.5, 0.6) is 0 Å². The number of ether oxygens (including phenoxy) is 1. The number of hydrogen-bond acceptors (Lipinski definition) is 2. The molecule has 0 fully saturated rings. The zero-order chi connectivity index (χ0) is 15.0. The number of halogens is 6. The van der Waals surface area contributed by atoms with E-state index in [1.165, 1.54) is 0 Å². The van der Waals surface area contributed by atoms with Crippen molar-refractivity contribution in [1.29, 1.82) is 0 Å². The highest BCUT2D eigenvalue weighted by molar-refractivity contribution is 5.93. The Hall–Kier alpha value is -1.73. The maximum absolute atomic E-state index is 12.8. The van der Waals surface area contributed by atoms with E-state index in [1.807, 2.05) is 0 Å². The number of carbonyl (C=O) groups is 1. The molecule has 1 aromatic carbocycles. The molecule has 0 aliphatic carbocycles. The van der Waals surface area contributed by atoms with Gasteiger partial charge < -0.3 is 4.74 Å². The summed E-state index contributed by atoms with van der Waals surface area (Å²) in [6.45, 7) is 1.10. The molecule has 0 amide bonds. The molecule has 0 aliphatic heterocycles. The predicted octanol–water partition coefficient (Wildman–Crippen LogP) is 3.82. The van der Waals surface area contributed by atoms with Crippen molar-refractivity contribution >= 4 is 5.97 Å². The highest BCUT2D eigenvalue weighted by Gasteiger charge is 2.46. The van der Waals surface area contributed by atoms with Gasteiger partial charge in [-0.25, -0.2) is 4.79 Å². The molecule has 19 heavy (non-hydrogen) atoms. The van der Waals surface area contributed by atoms with E-state index in [0.29, 0.717) is 6.07 Å². The summed E-state index contributed by atoms with van der Waals surface area (Å²) in [5.41, 5.74) is -5.30. The minimum absolute atomic E-state index is 0.243. The number of esters is 1. The van der Waals surface area contributed by atoms with Crippen LogP contribution in [-0.2, 0) is 17.1 Å². The number of methoxy groups -OCH3 is 1. The molecule has 0 spiro atoms. The van der Waals surface area contributed by atoms with Gasteiger partial charge >= 0.3 is 18.3 Å². The number of rotatable bonds is 1. The SMILES string of the molecule is COC(=O)c1c(C)ccc(C(F)(F)F)c1C(F)(F)F. The van der Waals surface area contributed by atoms with Gasteiger partial charge in [-0.1, -0.05) is 6.07 Å². The molecule has 0 atom stereocenters. The lowest BCUT2D eigenvalue weighted by molar-refractivity contribution is -0.162. The van der Waals surface area contributed by atoms with Crippen molar-refractivity contribution in [3.05, 3.63) is 34.4 Å². The average Bonchev–Trinajstić information content (AvgIpc) is 2.24. The van der Waals surface area contributed by atoms with Crippen LogP contribution in [0.3, 0.4) is 0 Å². The lowest BCUT2D eigenvalue weighted by Crippen LogP contribution is -2.22. The molecule has 8 heteroatoms. The van der Waals surface area contributed by atoms with Crippen molar-refractivity contribution in [3.63, 3.8) is 0 Å². The van der Waals surface area contributed by atoms with Crippen LogP contribution in [0, 0.1) is 6.92 Å². The van der Waals surface area contributed by atoms with Crippen LogP contribution in [0.4, 0.5) is 26.3 Å². The Labute approximate surface area is 104 Å². The van der Waals surface area contributed by atoms with Gasteiger partial charge in [-0.05, 0) is 18.6 Å². The van der Waals surface area contributed by atoms with E-state index in [4.69, 9.17) is 0 Å². The van der Waals surface area contributed by atoms with Crippen molar-refractivity contribution in [2.24, 2.45) is 0 Å². The first kappa shape index (κ1) is 15.3. The molecule has 0 saturated heterocycles. The minimum Gasteiger partial charge on any atom is -0.465 e. The largest absolute Gasteiger partial charge is 0.465 e.